The molecular formula is C24H17Cl2NO3. The lowest BCUT2D eigenvalue weighted by atomic mass is 10.0. The number of ketones is 1. The van der Waals surface area contributed by atoms with Crippen molar-refractivity contribution in [3.63, 3.8) is 0 Å². The number of aromatic nitrogens is 1. The highest BCUT2D eigenvalue weighted by Crippen LogP contribution is 2.32. The molecule has 0 atom stereocenters. The topological polar surface area (TPSA) is 48.3 Å². The minimum Gasteiger partial charge on any atom is -0.462 e. The van der Waals surface area contributed by atoms with Crippen LogP contribution in [0.15, 0.2) is 72.9 Å². The molecule has 0 saturated heterocycles. The average molecular weight is 438 g/mol. The first kappa shape index (κ1) is 20.2. The van der Waals surface area contributed by atoms with Crippen LogP contribution in [0.1, 0.15) is 33.2 Å². The van der Waals surface area contributed by atoms with Crippen LogP contribution in [0.3, 0.4) is 0 Å². The monoisotopic (exact) mass is 437 g/mol. The van der Waals surface area contributed by atoms with E-state index in [0.29, 0.717) is 27.8 Å². The Hall–Kier alpha value is -3.08. The molecule has 0 aliphatic rings. The van der Waals surface area contributed by atoms with Crippen molar-refractivity contribution in [3.05, 3.63) is 99.7 Å². The predicted octanol–water partition coefficient (Wildman–Crippen LogP) is 6.35. The van der Waals surface area contributed by atoms with Crippen LogP contribution in [0.2, 0.25) is 10.0 Å². The molecule has 0 saturated carbocycles. The number of fused-ring (bicyclic) bond motifs is 1. The molecule has 150 valence electrons. The number of nitrogens with zero attached hydrogens (tertiary/aromatic N) is 1. The third-order valence-electron chi connectivity index (χ3n) is 4.80. The largest absolute Gasteiger partial charge is 0.462 e. The number of halogens is 2. The molecule has 3 aromatic carbocycles. The van der Waals surface area contributed by atoms with Gasteiger partial charge in [-0.25, -0.2) is 4.79 Å². The molecule has 4 rings (SSSR count). The molecule has 0 spiro atoms. The molecule has 0 aliphatic carbocycles. The van der Waals surface area contributed by atoms with Crippen LogP contribution in [0, 0.1) is 0 Å². The van der Waals surface area contributed by atoms with Crippen LogP contribution in [-0.4, -0.2) is 22.9 Å². The van der Waals surface area contributed by atoms with Crippen molar-refractivity contribution in [1.29, 1.82) is 0 Å². The number of carbonyl (C=O) groups excluding carboxylic acids is 2. The van der Waals surface area contributed by atoms with E-state index >= 15 is 0 Å². The Morgan fingerprint density at radius 3 is 2.23 bits per heavy atom. The fourth-order valence-electron chi connectivity index (χ4n) is 3.40. The second kappa shape index (κ2) is 8.34. The van der Waals surface area contributed by atoms with Crippen LogP contribution in [0.5, 0.6) is 0 Å². The van der Waals surface area contributed by atoms with Crippen molar-refractivity contribution in [3.8, 4) is 5.69 Å². The van der Waals surface area contributed by atoms with Gasteiger partial charge in [-0.2, -0.15) is 0 Å². The van der Waals surface area contributed by atoms with Crippen LogP contribution >= 0.6 is 23.2 Å². The first-order valence-electron chi connectivity index (χ1n) is 9.37. The van der Waals surface area contributed by atoms with Gasteiger partial charge in [0, 0.05) is 22.8 Å². The maximum absolute atomic E-state index is 13.3. The molecule has 0 unspecified atom stereocenters. The molecule has 0 bridgehead atoms. The van der Waals surface area contributed by atoms with E-state index in [2.05, 4.69) is 0 Å². The van der Waals surface area contributed by atoms with E-state index in [1.54, 1.807) is 43.5 Å². The number of rotatable bonds is 5. The summed E-state index contributed by atoms with van der Waals surface area (Å²) in [4.78, 5) is 25.2. The van der Waals surface area contributed by atoms with E-state index in [1.807, 2.05) is 41.0 Å². The number of esters is 1. The van der Waals surface area contributed by atoms with E-state index in [4.69, 9.17) is 27.9 Å². The zero-order valence-corrected chi connectivity index (χ0v) is 17.6. The summed E-state index contributed by atoms with van der Waals surface area (Å²) in [5, 5.41) is 1.40. The Labute approximate surface area is 183 Å². The van der Waals surface area contributed by atoms with Crippen molar-refractivity contribution >= 4 is 45.9 Å². The van der Waals surface area contributed by atoms with Gasteiger partial charge in [0.15, 0.2) is 5.78 Å². The summed E-state index contributed by atoms with van der Waals surface area (Å²) in [6.45, 7) is 2.08. The summed E-state index contributed by atoms with van der Waals surface area (Å²) in [7, 11) is 0. The molecule has 0 aliphatic heterocycles. The third-order valence-corrected chi connectivity index (χ3v) is 5.43. The second-order valence-corrected chi connectivity index (χ2v) is 7.44. The zero-order valence-electron chi connectivity index (χ0n) is 16.1. The number of hydrogen-bond acceptors (Lipinski definition) is 3. The highest BCUT2D eigenvalue weighted by Gasteiger charge is 2.21. The Morgan fingerprint density at radius 2 is 1.57 bits per heavy atom. The van der Waals surface area contributed by atoms with Crippen molar-refractivity contribution in [2.24, 2.45) is 0 Å². The predicted molar refractivity (Wildman–Crippen MR) is 119 cm³/mol. The Kier molecular flexibility index (Phi) is 5.62. The number of ether oxygens (including phenoxy) is 1. The lowest BCUT2D eigenvalue weighted by Crippen LogP contribution is -2.05. The first-order valence-corrected chi connectivity index (χ1v) is 10.1. The van der Waals surface area contributed by atoms with Crippen LogP contribution in [0.4, 0.5) is 0 Å². The van der Waals surface area contributed by atoms with Gasteiger partial charge >= 0.3 is 5.97 Å². The van der Waals surface area contributed by atoms with Gasteiger partial charge in [-0.15, -0.1) is 0 Å². The van der Waals surface area contributed by atoms with E-state index < -0.39 is 0 Å². The van der Waals surface area contributed by atoms with Crippen molar-refractivity contribution in [2.75, 3.05) is 6.61 Å². The standard InChI is InChI=1S/C24H17Cl2NO3/c1-2-30-24(29)15-10-12-16(13-11-15)27-14-18(17-6-3-4-9-21(17)27)23(28)22-19(25)7-5-8-20(22)26/h3-14H,2H2,1H3. The summed E-state index contributed by atoms with van der Waals surface area (Å²) in [6, 6.07) is 19.6. The summed E-state index contributed by atoms with van der Waals surface area (Å²) in [5.74, 6) is -0.616. The van der Waals surface area contributed by atoms with Crippen molar-refractivity contribution in [2.45, 2.75) is 6.92 Å². The Bertz CT molecular complexity index is 1240. The van der Waals surface area contributed by atoms with E-state index in [1.165, 1.54) is 0 Å². The molecule has 0 fully saturated rings. The smallest absolute Gasteiger partial charge is 0.338 e. The minimum atomic E-state index is -0.370. The van der Waals surface area contributed by atoms with Gasteiger partial charge in [0.05, 0.1) is 33.3 Å². The summed E-state index contributed by atoms with van der Waals surface area (Å²) >= 11 is 12.5. The molecule has 4 aromatic rings. The maximum atomic E-state index is 13.3. The van der Waals surface area contributed by atoms with Gasteiger partial charge in [0.25, 0.3) is 0 Å². The van der Waals surface area contributed by atoms with E-state index in [9.17, 15) is 9.59 Å². The number of carbonyl (C=O) groups is 2. The van der Waals surface area contributed by atoms with Crippen LogP contribution < -0.4 is 0 Å². The quantitative estimate of drug-likeness (QED) is 0.270. The van der Waals surface area contributed by atoms with E-state index in [0.717, 1.165) is 16.6 Å². The number of hydrogen-bond donors (Lipinski definition) is 0. The zero-order chi connectivity index (χ0) is 21.3. The van der Waals surface area contributed by atoms with Gasteiger partial charge in [-0.3, -0.25) is 4.79 Å². The molecular weight excluding hydrogens is 421 g/mol. The summed E-state index contributed by atoms with van der Waals surface area (Å²) in [6.07, 6.45) is 1.77. The normalized spacial score (nSPS) is 10.9. The molecule has 1 aromatic heterocycles. The van der Waals surface area contributed by atoms with Crippen LogP contribution in [0.25, 0.3) is 16.6 Å². The highest BCUT2D eigenvalue weighted by molar-refractivity contribution is 6.41. The third kappa shape index (κ3) is 3.60. The average Bonchev–Trinajstić information content (AvgIpc) is 3.13. The van der Waals surface area contributed by atoms with E-state index in [-0.39, 0.29) is 17.3 Å². The van der Waals surface area contributed by atoms with Gasteiger partial charge in [0.1, 0.15) is 0 Å². The Balaban J connectivity index is 1.82. The first-order chi connectivity index (χ1) is 14.5. The Morgan fingerprint density at radius 1 is 0.900 bits per heavy atom. The molecule has 0 N–H and O–H groups in total. The fraction of sp³-hybridized carbons (Fsp3) is 0.0833. The van der Waals surface area contributed by atoms with Crippen LogP contribution in [-0.2, 0) is 4.74 Å². The second-order valence-electron chi connectivity index (χ2n) is 6.62. The van der Waals surface area contributed by atoms with Gasteiger partial charge < -0.3 is 9.30 Å². The molecule has 6 heteroatoms. The fourth-order valence-corrected chi connectivity index (χ4v) is 3.97. The lowest BCUT2D eigenvalue weighted by Gasteiger charge is -2.07. The molecule has 4 nitrogen and oxygen atoms in total. The summed E-state index contributed by atoms with van der Waals surface area (Å²) < 4.78 is 6.94. The molecule has 0 amide bonds. The lowest BCUT2D eigenvalue weighted by molar-refractivity contribution is 0.0526. The van der Waals surface area contributed by atoms with Gasteiger partial charge in [-0.05, 0) is 49.4 Å². The molecule has 0 radical (unpaired) electrons. The molecule has 1 heterocycles. The molecule has 30 heavy (non-hydrogen) atoms. The maximum Gasteiger partial charge on any atom is 0.338 e. The SMILES string of the molecule is CCOC(=O)c1ccc(-n2cc(C(=O)c3c(Cl)cccc3Cl)c3ccccc32)cc1. The number of benzene rings is 3. The minimum absolute atomic E-state index is 0.247. The van der Waals surface area contributed by atoms with Crippen molar-refractivity contribution in [1.82, 2.24) is 4.57 Å². The highest BCUT2D eigenvalue weighted by atomic mass is 35.5. The van der Waals surface area contributed by atoms with Crippen molar-refractivity contribution < 1.29 is 14.3 Å². The summed E-state index contributed by atoms with van der Waals surface area (Å²) in [5.41, 5.74) is 2.91. The van der Waals surface area contributed by atoms with Gasteiger partial charge in [-0.1, -0.05) is 47.5 Å². The van der Waals surface area contributed by atoms with Gasteiger partial charge in [0.2, 0.25) is 0 Å². The number of para-hydroxylation sites is 1.